The summed E-state index contributed by atoms with van der Waals surface area (Å²) in [4.78, 5) is 0.0931. The summed E-state index contributed by atoms with van der Waals surface area (Å²) >= 11 is 0. The van der Waals surface area contributed by atoms with Crippen LogP contribution in [0.3, 0.4) is 0 Å². The highest BCUT2D eigenvalue weighted by Crippen LogP contribution is 2.23. The average Bonchev–Trinajstić information content (AvgIpc) is 2.21. The zero-order valence-corrected chi connectivity index (χ0v) is 9.57. The van der Waals surface area contributed by atoms with Gasteiger partial charge in [-0.2, -0.15) is 0 Å². The Balaban J connectivity index is 3.27. The lowest BCUT2D eigenvalue weighted by atomic mass is 10.1. The molecular formula is C10H15NO4S. The van der Waals surface area contributed by atoms with Crippen molar-refractivity contribution < 1.29 is 18.6 Å². The van der Waals surface area contributed by atoms with Crippen LogP contribution in [0.15, 0.2) is 23.1 Å². The van der Waals surface area contributed by atoms with Gasteiger partial charge in [0.1, 0.15) is 0 Å². The number of nitrogens with two attached hydrogens (primary N) is 1. The van der Waals surface area contributed by atoms with E-state index in [4.69, 9.17) is 15.9 Å². The van der Waals surface area contributed by atoms with Crippen molar-refractivity contribution in [2.24, 2.45) is 0 Å². The lowest BCUT2D eigenvalue weighted by Crippen LogP contribution is -2.14. The van der Waals surface area contributed by atoms with Crippen LogP contribution in [-0.4, -0.2) is 37.6 Å². The third-order valence-electron chi connectivity index (χ3n) is 2.23. The predicted octanol–water partition coefficient (Wildman–Crippen LogP) is -0.430. The molecule has 0 saturated heterocycles. The fraction of sp³-hybridized carbons (Fsp3) is 0.400. The number of rotatable bonds is 5. The standard InChI is InChI=1S/C10H15NO4S/c11-9-2-1-3-10(8(9)4-5-12)16(14,15)7-6-13/h1-3,12-13H,4-7,11H2. The molecule has 0 aromatic heterocycles. The Bertz CT molecular complexity index is 456. The first-order chi connectivity index (χ1) is 7.53. The summed E-state index contributed by atoms with van der Waals surface area (Å²) in [5.74, 6) is -0.338. The molecule has 0 aliphatic heterocycles. The molecule has 0 radical (unpaired) electrons. The van der Waals surface area contributed by atoms with Crippen LogP contribution >= 0.6 is 0 Å². The quantitative estimate of drug-likeness (QED) is 0.611. The van der Waals surface area contributed by atoms with Crippen LogP contribution in [0, 0.1) is 0 Å². The van der Waals surface area contributed by atoms with Gasteiger partial charge in [-0.25, -0.2) is 8.42 Å². The molecule has 6 heteroatoms. The Hall–Kier alpha value is -1.11. The maximum atomic E-state index is 11.8. The van der Waals surface area contributed by atoms with Crippen LogP contribution in [0.1, 0.15) is 5.56 Å². The maximum absolute atomic E-state index is 11.8. The van der Waals surface area contributed by atoms with Crippen molar-refractivity contribution >= 4 is 15.5 Å². The first-order valence-corrected chi connectivity index (χ1v) is 6.50. The number of aliphatic hydroxyl groups excluding tert-OH is 2. The molecule has 0 atom stereocenters. The third kappa shape index (κ3) is 2.72. The lowest BCUT2D eigenvalue weighted by molar-refractivity contribution is 0.299. The van der Waals surface area contributed by atoms with E-state index in [1.165, 1.54) is 6.07 Å². The molecule has 16 heavy (non-hydrogen) atoms. The predicted molar refractivity (Wildman–Crippen MR) is 60.8 cm³/mol. The highest BCUT2D eigenvalue weighted by Gasteiger charge is 2.19. The lowest BCUT2D eigenvalue weighted by Gasteiger charge is -2.11. The molecule has 0 aliphatic carbocycles. The maximum Gasteiger partial charge on any atom is 0.180 e. The highest BCUT2D eigenvalue weighted by atomic mass is 32.2. The van der Waals surface area contributed by atoms with Crippen LogP contribution in [0.4, 0.5) is 5.69 Å². The summed E-state index contributed by atoms with van der Waals surface area (Å²) in [6.07, 6.45) is 0.187. The van der Waals surface area contributed by atoms with Crippen molar-refractivity contribution in [2.75, 3.05) is 24.7 Å². The molecule has 0 amide bonds. The second-order valence-corrected chi connectivity index (χ2v) is 5.42. The van der Waals surface area contributed by atoms with Gasteiger partial charge in [-0.3, -0.25) is 0 Å². The SMILES string of the molecule is Nc1cccc(S(=O)(=O)CCO)c1CCO. The van der Waals surface area contributed by atoms with Gasteiger partial charge in [0.05, 0.1) is 17.3 Å². The number of hydrogen-bond acceptors (Lipinski definition) is 5. The Kier molecular flexibility index (Phi) is 4.28. The van der Waals surface area contributed by atoms with Crippen molar-refractivity contribution in [3.8, 4) is 0 Å². The number of sulfone groups is 1. The molecule has 0 aliphatic rings. The Morgan fingerprint density at radius 3 is 2.44 bits per heavy atom. The molecule has 0 spiro atoms. The first-order valence-electron chi connectivity index (χ1n) is 4.84. The summed E-state index contributed by atoms with van der Waals surface area (Å²) in [7, 11) is -3.53. The zero-order valence-electron chi connectivity index (χ0n) is 8.76. The van der Waals surface area contributed by atoms with Gasteiger partial charge in [0.2, 0.25) is 0 Å². The van der Waals surface area contributed by atoms with E-state index in [9.17, 15) is 8.42 Å². The van der Waals surface area contributed by atoms with Gasteiger partial charge in [-0.05, 0) is 24.1 Å². The van der Waals surface area contributed by atoms with E-state index in [0.717, 1.165) is 0 Å². The van der Waals surface area contributed by atoms with Crippen molar-refractivity contribution in [3.05, 3.63) is 23.8 Å². The highest BCUT2D eigenvalue weighted by molar-refractivity contribution is 7.91. The van der Waals surface area contributed by atoms with Crippen molar-refractivity contribution in [3.63, 3.8) is 0 Å². The van der Waals surface area contributed by atoms with E-state index < -0.39 is 16.4 Å². The molecule has 4 N–H and O–H groups in total. The van der Waals surface area contributed by atoms with Gasteiger partial charge in [-0.15, -0.1) is 0 Å². The Labute approximate surface area is 94.4 Å². The van der Waals surface area contributed by atoms with E-state index in [1.54, 1.807) is 12.1 Å². The summed E-state index contributed by atoms with van der Waals surface area (Å²) < 4.78 is 23.6. The summed E-state index contributed by atoms with van der Waals surface area (Å²) in [6, 6.07) is 4.57. The summed E-state index contributed by atoms with van der Waals surface area (Å²) in [6.45, 7) is -0.606. The fourth-order valence-corrected chi connectivity index (χ4v) is 2.82. The van der Waals surface area contributed by atoms with E-state index in [-0.39, 0.29) is 23.7 Å². The molecule has 0 unspecified atom stereocenters. The van der Waals surface area contributed by atoms with Crippen LogP contribution in [0.25, 0.3) is 0 Å². The van der Waals surface area contributed by atoms with Crippen LogP contribution < -0.4 is 5.73 Å². The van der Waals surface area contributed by atoms with Crippen LogP contribution in [-0.2, 0) is 16.3 Å². The van der Waals surface area contributed by atoms with Crippen LogP contribution in [0.5, 0.6) is 0 Å². The second kappa shape index (κ2) is 5.29. The van der Waals surface area contributed by atoms with Gasteiger partial charge in [0.25, 0.3) is 0 Å². The minimum Gasteiger partial charge on any atom is -0.398 e. The monoisotopic (exact) mass is 245 g/mol. The van der Waals surface area contributed by atoms with Gasteiger partial charge in [0, 0.05) is 12.3 Å². The van der Waals surface area contributed by atoms with Gasteiger partial charge >= 0.3 is 0 Å². The molecule has 0 saturated carbocycles. The molecule has 1 rings (SSSR count). The normalized spacial score (nSPS) is 11.6. The first kappa shape index (κ1) is 13.0. The number of nitrogen functional groups attached to an aromatic ring is 1. The van der Waals surface area contributed by atoms with Gasteiger partial charge in [-0.1, -0.05) is 6.07 Å². The average molecular weight is 245 g/mol. The van der Waals surface area contributed by atoms with E-state index in [2.05, 4.69) is 0 Å². The number of anilines is 1. The molecular weight excluding hydrogens is 230 g/mol. The molecule has 1 aromatic rings. The smallest absolute Gasteiger partial charge is 0.180 e. The molecule has 1 aromatic carbocycles. The van der Waals surface area contributed by atoms with E-state index in [1.807, 2.05) is 0 Å². The number of benzene rings is 1. The van der Waals surface area contributed by atoms with Gasteiger partial charge in [0.15, 0.2) is 9.84 Å². The topological polar surface area (TPSA) is 101 Å². The number of aliphatic hydroxyl groups is 2. The second-order valence-electron chi connectivity index (χ2n) is 3.34. The van der Waals surface area contributed by atoms with Crippen molar-refractivity contribution in [2.45, 2.75) is 11.3 Å². The molecule has 90 valence electrons. The molecule has 0 heterocycles. The minimum atomic E-state index is -3.53. The van der Waals surface area contributed by atoms with Crippen molar-refractivity contribution in [1.29, 1.82) is 0 Å². The zero-order chi connectivity index (χ0) is 12.2. The Morgan fingerprint density at radius 1 is 1.19 bits per heavy atom. The van der Waals surface area contributed by atoms with Gasteiger partial charge < -0.3 is 15.9 Å². The summed E-state index contributed by atoms with van der Waals surface area (Å²) in [5.41, 5.74) is 6.42. The number of hydrogen-bond donors (Lipinski definition) is 3. The minimum absolute atomic E-state index is 0.0931. The molecule has 0 fully saturated rings. The Morgan fingerprint density at radius 2 is 1.88 bits per heavy atom. The van der Waals surface area contributed by atoms with Crippen molar-refractivity contribution in [1.82, 2.24) is 0 Å². The van der Waals surface area contributed by atoms with Crippen LogP contribution in [0.2, 0.25) is 0 Å². The summed E-state index contributed by atoms with van der Waals surface area (Å²) in [5, 5.41) is 17.6. The third-order valence-corrected chi connectivity index (χ3v) is 4.00. The molecule has 5 nitrogen and oxygen atoms in total. The largest absolute Gasteiger partial charge is 0.398 e. The van der Waals surface area contributed by atoms with E-state index in [0.29, 0.717) is 11.3 Å². The fourth-order valence-electron chi connectivity index (χ4n) is 1.48. The van der Waals surface area contributed by atoms with E-state index >= 15 is 0 Å². The molecule has 0 bridgehead atoms.